The molecule has 0 radical (unpaired) electrons. The highest BCUT2D eigenvalue weighted by molar-refractivity contribution is 5.81. The second kappa shape index (κ2) is 8.72. The van der Waals surface area contributed by atoms with E-state index in [1.54, 1.807) is 11.9 Å². The fraction of sp³-hybridized carbons (Fsp3) is 0.562. The summed E-state index contributed by atoms with van der Waals surface area (Å²) in [5.74, 6) is 0.415. The van der Waals surface area contributed by atoms with Crippen molar-refractivity contribution in [3.05, 3.63) is 35.9 Å². The summed E-state index contributed by atoms with van der Waals surface area (Å²) in [6.45, 7) is 5.79. The van der Waals surface area contributed by atoms with Gasteiger partial charge in [0, 0.05) is 13.6 Å². The van der Waals surface area contributed by atoms with Gasteiger partial charge in [0.1, 0.15) is 0 Å². The maximum absolute atomic E-state index is 12.0. The van der Waals surface area contributed by atoms with Crippen LogP contribution in [0, 0.1) is 5.92 Å². The van der Waals surface area contributed by atoms with Gasteiger partial charge < -0.3 is 15.4 Å². The molecule has 1 rings (SSSR count). The van der Waals surface area contributed by atoms with Crippen LogP contribution in [0.4, 0.5) is 0 Å². The zero-order chi connectivity index (χ0) is 15.0. The van der Waals surface area contributed by atoms with Crippen molar-refractivity contribution < 1.29 is 9.53 Å². The number of nitrogens with two attached hydrogens (primary N) is 1. The summed E-state index contributed by atoms with van der Waals surface area (Å²) in [5, 5.41) is 0. The van der Waals surface area contributed by atoms with E-state index in [2.05, 4.69) is 13.8 Å². The molecule has 2 N–H and O–H groups in total. The maximum atomic E-state index is 12.0. The van der Waals surface area contributed by atoms with Gasteiger partial charge in [0.15, 0.2) is 0 Å². The number of benzene rings is 1. The Morgan fingerprint density at radius 3 is 2.55 bits per heavy atom. The van der Waals surface area contributed by atoms with Crippen LogP contribution < -0.4 is 5.73 Å². The molecule has 20 heavy (non-hydrogen) atoms. The van der Waals surface area contributed by atoms with Gasteiger partial charge in [-0.1, -0.05) is 44.2 Å². The van der Waals surface area contributed by atoms with E-state index < -0.39 is 6.04 Å². The third-order valence-electron chi connectivity index (χ3n) is 3.10. The summed E-state index contributed by atoms with van der Waals surface area (Å²) in [6, 6.07) is 9.58. The van der Waals surface area contributed by atoms with E-state index in [9.17, 15) is 4.79 Å². The lowest BCUT2D eigenvalue weighted by atomic mass is 10.0. The zero-order valence-electron chi connectivity index (χ0n) is 12.7. The van der Waals surface area contributed by atoms with Gasteiger partial charge in [-0.3, -0.25) is 4.79 Å². The Labute approximate surface area is 121 Å². The van der Waals surface area contributed by atoms with Crippen molar-refractivity contribution in [2.75, 3.05) is 20.2 Å². The van der Waals surface area contributed by atoms with Crippen LogP contribution in [0.25, 0.3) is 0 Å². The minimum absolute atomic E-state index is 0.0120. The highest BCUT2D eigenvalue weighted by Crippen LogP contribution is 2.05. The number of carbonyl (C=O) groups excluding carboxylic acids is 1. The highest BCUT2D eigenvalue weighted by Gasteiger charge is 2.18. The number of hydrogen-bond acceptors (Lipinski definition) is 3. The molecule has 1 amide bonds. The molecule has 0 heterocycles. The van der Waals surface area contributed by atoms with Crippen molar-refractivity contribution in [2.24, 2.45) is 11.7 Å². The molecule has 4 nitrogen and oxygen atoms in total. The molecule has 0 unspecified atom stereocenters. The fourth-order valence-corrected chi connectivity index (χ4v) is 1.97. The molecule has 0 aliphatic heterocycles. The van der Waals surface area contributed by atoms with Crippen molar-refractivity contribution in [3.63, 3.8) is 0 Å². The lowest BCUT2D eigenvalue weighted by molar-refractivity contribution is -0.132. The molecule has 0 fully saturated rings. The topological polar surface area (TPSA) is 55.6 Å². The zero-order valence-corrected chi connectivity index (χ0v) is 12.7. The number of amides is 1. The Morgan fingerprint density at radius 2 is 1.95 bits per heavy atom. The number of hydrogen-bond donors (Lipinski definition) is 1. The molecule has 0 saturated carbocycles. The van der Waals surface area contributed by atoms with Crippen LogP contribution in [0.3, 0.4) is 0 Å². The third kappa shape index (κ3) is 6.17. The molecule has 0 aliphatic rings. The lowest BCUT2D eigenvalue weighted by Crippen LogP contribution is -2.43. The average Bonchev–Trinajstić information content (AvgIpc) is 2.43. The molecule has 0 aromatic heterocycles. The van der Waals surface area contributed by atoms with Gasteiger partial charge in [-0.2, -0.15) is 0 Å². The minimum atomic E-state index is -0.408. The Hall–Kier alpha value is -1.39. The first kappa shape index (κ1) is 16.7. The number of rotatable bonds is 8. The molecule has 1 aromatic carbocycles. The second-order valence-corrected chi connectivity index (χ2v) is 5.53. The number of nitrogens with zero attached hydrogens (tertiary/aromatic N) is 1. The molecule has 112 valence electrons. The molecule has 0 saturated heterocycles. The van der Waals surface area contributed by atoms with Gasteiger partial charge in [-0.25, -0.2) is 0 Å². The first-order valence-corrected chi connectivity index (χ1v) is 7.13. The monoisotopic (exact) mass is 278 g/mol. The molecular weight excluding hydrogens is 252 g/mol. The van der Waals surface area contributed by atoms with E-state index in [0.717, 1.165) is 5.56 Å². The summed E-state index contributed by atoms with van der Waals surface area (Å²) in [6.07, 6.45) is 0.716. The Morgan fingerprint density at radius 1 is 1.30 bits per heavy atom. The molecular formula is C16H26N2O2. The third-order valence-corrected chi connectivity index (χ3v) is 3.10. The van der Waals surface area contributed by atoms with Gasteiger partial charge in [0.05, 0.1) is 19.3 Å². The van der Waals surface area contributed by atoms with Crippen LogP contribution in [0.15, 0.2) is 30.3 Å². The van der Waals surface area contributed by atoms with Gasteiger partial charge in [-0.15, -0.1) is 0 Å². The number of ether oxygens (including phenoxy) is 1. The van der Waals surface area contributed by atoms with Crippen LogP contribution in [0.1, 0.15) is 25.8 Å². The van der Waals surface area contributed by atoms with Gasteiger partial charge in [0.25, 0.3) is 0 Å². The van der Waals surface area contributed by atoms with Crippen molar-refractivity contribution >= 4 is 5.91 Å². The number of likely N-dealkylation sites (N-methyl/N-ethyl adjacent to an activating group) is 1. The van der Waals surface area contributed by atoms with Crippen LogP contribution >= 0.6 is 0 Å². The van der Waals surface area contributed by atoms with Crippen LogP contribution in [-0.4, -0.2) is 37.0 Å². The SMILES string of the molecule is CC(C)C[C@H](N)C(=O)N(C)CCOCc1ccccc1. The normalized spacial score (nSPS) is 12.4. The Bertz CT molecular complexity index is 393. The van der Waals surface area contributed by atoms with Crippen molar-refractivity contribution in [1.29, 1.82) is 0 Å². The molecule has 0 bridgehead atoms. The number of carbonyl (C=O) groups is 1. The van der Waals surface area contributed by atoms with Crippen molar-refractivity contribution in [3.8, 4) is 0 Å². The molecule has 0 spiro atoms. The van der Waals surface area contributed by atoms with Gasteiger partial charge in [0.2, 0.25) is 5.91 Å². The second-order valence-electron chi connectivity index (χ2n) is 5.53. The molecule has 0 aliphatic carbocycles. The average molecular weight is 278 g/mol. The summed E-state index contributed by atoms with van der Waals surface area (Å²) in [7, 11) is 1.77. The van der Waals surface area contributed by atoms with E-state index in [1.807, 2.05) is 30.3 Å². The molecule has 1 atom stereocenters. The highest BCUT2D eigenvalue weighted by atomic mass is 16.5. The fourth-order valence-electron chi connectivity index (χ4n) is 1.97. The summed E-state index contributed by atoms with van der Waals surface area (Å²) < 4.78 is 5.57. The summed E-state index contributed by atoms with van der Waals surface area (Å²) >= 11 is 0. The van der Waals surface area contributed by atoms with Crippen molar-refractivity contribution in [2.45, 2.75) is 32.9 Å². The maximum Gasteiger partial charge on any atom is 0.239 e. The van der Waals surface area contributed by atoms with Crippen LogP contribution in [-0.2, 0) is 16.1 Å². The van der Waals surface area contributed by atoms with Crippen LogP contribution in [0.2, 0.25) is 0 Å². The first-order valence-electron chi connectivity index (χ1n) is 7.13. The van der Waals surface area contributed by atoms with Gasteiger partial charge >= 0.3 is 0 Å². The first-order chi connectivity index (χ1) is 9.50. The van der Waals surface area contributed by atoms with E-state index in [1.165, 1.54) is 0 Å². The van der Waals surface area contributed by atoms with E-state index in [-0.39, 0.29) is 5.91 Å². The summed E-state index contributed by atoms with van der Waals surface area (Å²) in [4.78, 5) is 13.6. The van der Waals surface area contributed by atoms with Crippen LogP contribution in [0.5, 0.6) is 0 Å². The molecule has 1 aromatic rings. The predicted octanol–water partition coefficient (Wildman–Crippen LogP) is 2.03. The van der Waals surface area contributed by atoms with E-state index in [0.29, 0.717) is 32.1 Å². The quantitative estimate of drug-likeness (QED) is 0.740. The molecule has 4 heteroatoms. The van der Waals surface area contributed by atoms with Crippen molar-refractivity contribution in [1.82, 2.24) is 4.90 Å². The van der Waals surface area contributed by atoms with E-state index in [4.69, 9.17) is 10.5 Å². The lowest BCUT2D eigenvalue weighted by Gasteiger charge is -2.22. The smallest absolute Gasteiger partial charge is 0.239 e. The van der Waals surface area contributed by atoms with E-state index >= 15 is 0 Å². The van der Waals surface area contributed by atoms with Gasteiger partial charge in [-0.05, 0) is 17.9 Å². The Kier molecular flexibility index (Phi) is 7.26. The standard InChI is InChI=1S/C16H26N2O2/c1-13(2)11-15(17)16(19)18(3)9-10-20-12-14-7-5-4-6-8-14/h4-8,13,15H,9-12,17H2,1-3H3/t15-/m0/s1. The minimum Gasteiger partial charge on any atom is -0.375 e. The Balaban J connectivity index is 2.22. The largest absolute Gasteiger partial charge is 0.375 e. The summed E-state index contributed by atoms with van der Waals surface area (Å²) in [5.41, 5.74) is 7.02. The predicted molar refractivity (Wildman–Crippen MR) is 81.2 cm³/mol.